The van der Waals surface area contributed by atoms with Gasteiger partial charge in [-0.15, -0.1) is 0 Å². The van der Waals surface area contributed by atoms with Gasteiger partial charge in [-0.2, -0.15) is 10.5 Å². The molecular weight excluding hydrogens is 234 g/mol. The highest BCUT2D eigenvalue weighted by atomic mass is 15.1. The van der Waals surface area contributed by atoms with Gasteiger partial charge in [0.25, 0.3) is 0 Å². The van der Waals surface area contributed by atoms with E-state index in [-0.39, 0.29) is 5.57 Å². The summed E-state index contributed by atoms with van der Waals surface area (Å²) >= 11 is 0. The van der Waals surface area contributed by atoms with Crippen LogP contribution in [0.5, 0.6) is 0 Å². The average molecular weight is 253 g/mol. The number of nitriles is 2. The smallest absolute Gasteiger partial charge is 0.129 e. The van der Waals surface area contributed by atoms with Crippen LogP contribution >= 0.6 is 0 Å². The SMILES string of the molecule is CCCCCCN1C=CC(=CC=C(C#N)C#N)C=C1. The van der Waals surface area contributed by atoms with Crippen LogP contribution in [0.2, 0.25) is 0 Å². The molecule has 0 amide bonds. The zero-order valence-corrected chi connectivity index (χ0v) is 11.3. The molecule has 0 saturated carbocycles. The van der Waals surface area contributed by atoms with Gasteiger partial charge in [0.1, 0.15) is 17.7 Å². The van der Waals surface area contributed by atoms with Crippen molar-refractivity contribution in [3.8, 4) is 12.1 Å². The fourth-order valence-electron chi connectivity index (χ4n) is 1.73. The Balaban J connectivity index is 2.45. The van der Waals surface area contributed by atoms with E-state index in [9.17, 15) is 0 Å². The molecule has 1 heterocycles. The Hall–Kier alpha value is -2.26. The summed E-state index contributed by atoms with van der Waals surface area (Å²) in [5.41, 5.74) is 1.11. The third kappa shape index (κ3) is 5.75. The van der Waals surface area contributed by atoms with Crippen molar-refractivity contribution in [3.63, 3.8) is 0 Å². The molecule has 19 heavy (non-hydrogen) atoms. The molecule has 3 nitrogen and oxygen atoms in total. The van der Waals surface area contributed by atoms with E-state index in [0.717, 1.165) is 12.1 Å². The molecule has 0 bridgehead atoms. The van der Waals surface area contributed by atoms with Gasteiger partial charge in [-0.25, -0.2) is 0 Å². The van der Waals surface area contributed by atoms with E-state index in [1.165, 1.54) is 25.7 Å². The lowest BCUT2D eigenvalue weighted by molar-refractivity contribution is 0.468. The van der Waals surface area contributed by atoms with Gasteiger partial charge in [0.05, 0.1) is 0 Å². The molecule has 0 saturated heterocycles. The maximum absolute atomic E-state index is 8.62. The van der Waals surface area contributed by atoms with Gasteiger partial charge in [-0.05, 0) is 30.2 Å². The maximum atomic E-state index is 8.62. The Labute approximate surface area is 115 Å². The fraction of sp³-hybridized carbons (Fsp3) is 0.375. The zero-order valence-electron chi connectivity index (χ0n) is 11.3. The van der Waals surface area contributed by atoms with E-state index in [1.807, 2.05) is 36.7 Å². The molecule has 0 unspecified atom stereocenters. The second kappa shape index (κ2) is 8.78. The molecule has 0 aromatic carbocycles. The Morgan fingerprint density at radius 3 is 2.42 bits per heavy atom. The number of rotatable bonds is 6. The monoisotopic (exact) mass is 253 g/mol. The molecule has 0 N–H and O–H groups in total. The van der Waals surface area contributed by atoms with Crippen molar-refractivity contribution in [3.05, 3.63) is 47.9 Å². The van der Waals surface area contributed by atoms with Crippen molar-refractivity contribution < 1.29 is 0 Å². The summed E-state index contributed by atoms with van der Waals surface area (Å²) in [5, 5.41) is 17.2. The van der Waals surface area contributed by atoms with E-state index < -0.39 is 0 Å². The largest absolute Gasteiger partial charge is 0.354 e. The van der Waals surface area contributed by atoms with Crippen molar-refractivity contribution in [2.75, 3.05) is 6.54 Å². The summed E-state index contributed by atoms with van der Waals surface area (Å²) in [7, 11) is 0. The summed E-state index contributed by atoms with van der Waals surface area (Å²) in [6, 6.07) is 3.67. The van der Waals surface area contributed by atoms with Crippen LogP contribution in [0.15, 0.2) is 47.9 Å². The Morgan fingerprint density at radius 1 is 1.16 bits per heavy atom. The molecule has 0 aromatic rings. The first-order valence-corrected chi connectivity index (χ1v) is 6.64. The fourth-order valence-corrected chi connectivity index (χ4v) is 1.73. The van der Waals surface area contributed by atoms with Gasteiger partial charge in [0, 0.05) is 18.9 Å². The van der Waals surface area contributed by atoms with Gasteiger partial charge in [0.15, 0.2) is 0 Å². The predicted octanol–water partition coefficient (Wildman–Crippen LogP) is 3.81. The molecule has 1 aliphatic rings. The second-order valence-electron chi connectivity index (χ2n) is 4.40. The normalized spacial score (nSPS) is 12.8. The lowest BCUT2D eigenvalue weighted by Crippen LogP contribution is -2.13. The lowest BCUT2D eigenvalue weighted by Gasteiger charge is -2.18. The van der Waals surface area contributed by atoms with Crippen LogP contribution in [-0.4, -0.2) is 11.4 Å². The summed E-state index contributed by atoms with van der Waals surface area (Å²) < 4.78 is 0. The van der Waals surface area contributed by atoms with Crippen molar-refractivity contribution in [2.45, 2.75) is 32.6 Å². The number of hydrogen-bond acceptors (Lipinski definition) is 3. The van der Waals surface area contributed by atoms with Gasteiger partial charge in [0.2, 0.25) is 0 Å². The van der Waals surface area contributed by atoms with Gasteiger partial charge >= 0.3 is 0 Å². The number of hydrogen-bond donors (Lipinski definition) is 0. The van der Waals surface area contributed by atoms with Crippen molar-refractivity contribution in [2.24, 2.45) is 0 Å². The van der Waals surface area contributed by atoms with Crippen molar-refractivity contribution in [1.29, 1.82) is 10.5 Å². The minimum atomic E-state index is 0.122. The van der Waals surface area contributed by atoms with Crippen LogP contribution < -0.4 is 0 Å². The highest BCUT2D eigenvalue weighted by Gasteiger charge is 2.00. The van der Waals surface area contributed by atoms with Crippen LogP contribution in [0.4, 0.5) is 0 Å². The Bertz CT molecular complexity index is 449. The first-order chi connectivity index (χ1) is 9.30. The zero-order chi connectivity index (χ0) is 13.9. The molecule has 98 valence electrons. The van der Waals surface area contributed by atoms with Crippen molar-refractivity contribution >= 4 is 0 Å². The lowest BCUT2D eigenvalue weighted by atomic mass is 10.1. The summed E-state index contributed by atoms with van der Waals surface area (Å²) in [5.74, 6) is 0. The third-order valence-corrected chi connectivity index (χ3v) is 2.87. The molecule has 0 radical (unpaired) electrons. The van der Waals surface area contributed by atoms with Crippen LogP contribution in [0.25, 0.3) is 0 Å². The van der Waals surface area contributed by atoms with Crippen molar-refractivity contribution in [1.82, 2.24) is 4.90 Å². The number of nitrogens with zero attached hydrogens (tertiary/aromatic N) is 3. The minimum Gasteiger partial charge on any atom is -0.354 e. The Morgan fingerprint density at radius 2 is 1.84 bits per heavy atom. The molecular formula is C16H19N3. The molecule has 0 atom stereocenters. The standard InChI is InChI=1S/C16H19N3/c1-2-3-4-5-10-19-11-8-15(9-12-19)6-7-16(13-17)14-18/h6-9,11-12H,2-5,10H2,1H3. The highest BCUT2D eigenvalue weighted by Crippen LogP contribution is 2.11. The maximum Gasteiger partial charge on any atom is 0.129 e. The first-order valence-electron chi connectivity index (χ1n) is 6.64. The summed E-state index contributed by atoms with van der Waals surface area (Å²) in [6.07, 6.45) is 16.4. The highest BCUT2D eigenvalue weighted by molar-refractivity contribution is 5.43. The summed E-state index contributed by atoms with van der Waals surface area (Å²) in [6.45, 7) is 3.25. The van der Waals surface area contributed by atoms with Crippen LogP contribution in [0.1, 0.15) is 32.6 Å². The van der Waals surface area contributed by atoms with E-state index in [2.05, 4.69) is 11.8 Å². The number of unbranched alkanes of at least 4 members (excludes halogenated alkanes) is 3. The molecule has 0 aliphatic carbocycles. The molecule has 1 aliphatic heterocycles. The molecule has 0 aromatic heterocycles. The van der Waals surface area contributed by atoms with Gasteiger partial charge in [-0.1, -0.05) is 32.3 Å². The van der Waals surface area contributed by atoms with E-state index >= 15 is 0 Å². The van der Waals surface area contributed by atoms with Gasteiger partial charge in [-0.3, -0.25) is 0 Å². The van der Waals surface area contributed by atoms with Crippen LogP contribution in [0, 0.1) is 22.7 Å². The molecule has 0 fully saturated rings. The Kier molecular flexibility index (Phi) is 6.84. The molecule has 1 rings (SSSR count). The van der Waals surface area contributed by atoms with Crippen LogP contribution in [-0.2, 0) is 0 Å². The topological polar surface area (TPSA) is 50.8 Å². The number of allylic oxidation sites excluding steroid dienone is 6. The quantitative estimate of drug-likeness (QED) is 0.534. The molecule has 0 spiro atoms. The van der Waals surface area contributed by atoms with E-state index in [1.54, 1.807) is 12.2 Å². The average Bonchev–Trinajstić information content (AvgIpc) is 2.46. The summed E-state index contributed by atoms with van der Waals surface area (Å²) in [4.78, 5) is 2.16. The second-order valence-corrected chi connectivity index (χ2v) is 4.40. The van der Waals surface area contributed by atoms with Gasteiger partial charge < -0.3 is 4.90 Å². The molecule has 3 heteroatoms. The van der Waals surface area contributed by atoms with E-state index in [4.69, 9.17) is 10.5 Å². The minimum absolute atomic E-state index is 0.122. The first kappa shape index (κ1) is 14.8. The van der Waals surface area contributed by atoms with E-state index in [0.29, 0.717) is 0 Å². The predicted molar refractivity (Wildman–Crippen MR) is 76.5 cm³/mol. The van der Waals surface area contributed by atoms with Crippen LogP contribution in [0.3, 0.4) is 0 Å². The third-order valence-electron chi connectivity index (χ3n) is 2.87.